The molecule has 5 nitrogen and oxygen atoms in total. The highest BCUT2D eigenvalue weighted by atomic mass is 35.5. The molecule has 6 rings (SSSR count). The fourth-order valence-electron chi connectivity index (χ4n) is 5.91. The van der Waals surface area contributed by atoms with Crippen LogP contribution in [0.5, 0.6) is 0 Å². The van der Waals surface area contributed by atoms with Crippen LogP contribution < -0.4 is 5.32 Å². The molecule has 2 N–H and O–H groups in total. The molecule has 2 atom stereocenters. The van der Waals surface area contributed by atoms with Crippen LogP contribution in [-0.4, -0.2) is 35.7 Å². The van der Waals surface area contributed by atoms with E-state index >= 15 is 0 Å². The molecule has 5 aromatic carbocycles. The average molecular weight is 601 g/mol. The summed E-state index contributed by atoms with van der Waals surface area (Å²) in [6.07, 6.45) is -1.95. The second kappa shape index (κ2) is 12.9. The number of hydrogen-bond acceptors (Lipinski definition) is 4. The Morgan fingerprint density at radius 3 is 1.80 bits per heavy atom. The number of carbonyl (C=O) groups excluding carboxylic acids is 2. The van der Waals surface area contributed by atoms with E-state index in [4.69, 9.17) is 16.3 Å². The molecular formula is C38H31ClNO4. The topological polar surface area (TPSA) is 75.6 Å². The Hall–Kier alpha value is -4.71. The number of carbonyl (C=O) groups is 2. The van der Waals surface area contributed by atoms with Crippen LogP contribution in [0.25, 0.3) is 11.1 Å². The van der Waals surface area contributed by atoms with E-state index in [-0.39, 0.29) is 18.1 Å². The average Bonchev–Trinajstić information content (AvgIpc) is 3.37. The second-order valence-corrected chi connectivity index (χ2v) is 11.3. The highest BCUT2D eigenvalue weighted by Gasteiger charge is 2.32. The Bertz CT molecular complexity index is 1700. The molecule has 219 valence electrons. The van der Waals surface area contributed by atoms with Gasteiger partial charge in [-0.2, -0.15) is 0 Å². The fourth-order valence-corrected chi connectivity index (χ4v) is 6.19. The molecule has 5 aromatic rings. The van der Waals surface area contributed by atoms with Gasteiger partial charge in [0, 0.05) is 16.5 Å². The number of fused-ring (bicyclic) bond motifs is 3. The van der Waals surface area contributed by atoms with Gasteiger partial charge in [0.2, 0.25) is 0 Å². The molecule has 1 aliphatic carbocycles. The lowest BCUT2D eigenvalue weighted by molar-refractivity contribution is 0.0758. The summed E-state index contributed by atoms with van der Waals surface area (Å²) in [5, 5.41) is 13.5. The monoisotopic (exact) mass is 600 g/mol. The lowest BCUT2D eigenvalue weighted by Gasteiger charge is -2.22. The van der Waals surface area contributed by atoms with Crippen LogP contribution in [0.3, 0.4) is 0 Å². The van der Waals surface area contributed by atoms with Crippen molar-refractivity contribution in [3.8, 4) is 11.1 Å². The molecule has 0 heterocycles. The Labute approximate surface area is 262 Å². The Kier molecular flexibility index (Phi) is 8.60. The van der Waals surface area contributed by atoms with Crippen molar-refractivity contribution in [3.05, 3.63) is 172 Å². The third-order valence-corrected chi connectivity index (χ3v) is 8.34. The zero-order valence-electron chi connectivity index (χ0n) is 24.1. The van der Waals surface area contributed by atoms with Crippen LogP contribution in [0.1, 0.15) is 51.0 Å². The summed E-state index contributed by atoms with van der Waals surface area (Å²) in [5.41, 5.74) is 7.41. The number of amides is 1. The van der Waals surface area contributed by atoms with E-state index in [0.717, 1.165) is 44.9 Å². The number of aliphatic hydroxyl groups is 1. The molecule has 1 aliphatic rings. The third-order valence-electron chi connectivity index (χ3n) is 8.03. The van der Waals surface area contributed by atoms with E-state index in [9.17, 15) is 14.7 Å². The summed E-state index contributed by atoms with van der Waals surface area (Å²) in [4.78, 5) is 26.6. The van der Waals surface area contributed by atoms with Crippen LogP contribution in [-0.2, 0) is 4.74 Å². The van der Waals surface area contributed by atoms with E-state index in [1.807, 2.05) is 97.1 Å². The van der Waals surface area contributed by atoms with E-state index in [1.165, 1.54) is 6.92 Å². The maximum Gasteiger partial charge on any atom is 0.407 e. The molecule has 1 radical (unpaired) electrons. The molecule has 1 amide bonds. The van der Waals surface area contributed by atoms with Crippen molar-refractivity contribution in [2.45, 2.75) is 25.0 Å². The first-order valence-corrected chi connectivity index (χ1v) is 14.9. The normalized spacial score (nSPS) is 13.5. The summed E-state index contributed by atoms with van der Waals surface area (Å²) >= 11 is 6.82. The second-order valence-electron chi connectivity index (χ2n) is 10.9. The Morgan fingerprint density at radius 1 is 0.750 bits per heavy atom. The number of nitrogens with one attached hydrogen (secondary N) is 1. The van der Waals surface area contributed by atoms with Gasteiger partial charge in [0.05, 0.1) is 12.0 Å². The number of rotatable bonds is 9. The van der Waals surface area contributed by atoms with Gasteiger partial charge in [0.25, 0.3) is 0 Å². The van der Waals surface area contributed by atoms with Crippen LogP contribution in [0.4, 0.5) is 4.79 Å². The summed E-state index contributed by atoms with van der Waals surface area (Å²) in [6.45, 7) is 1.55. The standard InChI is InChI=1S/C38H31ClNO4/c1-24(41)36(40-38(43)44-23-33-30-18-10-8-16-28(30)29-17-9-11-19-31(29)33)37(42)27-20-21-32(34(39)22-27)35(25-12-4-2-5-13-25)26-14-6-3-7-15-26/h2-22,24,33,36,41H,23H2,1H3,(H,40,43)/t24-,36+/m1/s1. The van der Waals surface area contributed by atoms with Crippen molar-refractivity contribution in [3.63, 3.8) is 0 Å². The first kappa shape index (κ1) is 29.4. The van der Waals surface area contributed by atoms with E-state index in [1.54, 1.807) is 18.2 Å². The molecule has 0 aromatic heterocycles. The minimum Gasteiger partial charge on any atom is -0.449 e. The molecule has 0 spiro atoms. The minimum absolute atomic E-state index is 0.0959. The van der Waals surface area contributed by atoms with Gasteiger partial charge < -0.3 is 15.2 Å². The number of ketones is 1. The predicted molar refractivity (Wildman–Crippen MR) is 173 cm³/mol. The maximum atomic E-state index is 13.6. The summed E-state index contributed by atoms with van der Waals surface area (Å²) in [6, 6.07) is 39.8. The number of ether oxygens (including phenoxy) is 1. The van der Waals surface area contributed by atoms with Crippen molar-refractivity contribution in [1.82, 2.24) is 5.32 Å². The number of aliphatic hydroxyl groups excluding tert-OH is 1. The van der Waals surface area contributed by atoms with Gasteiger partial charge >= 0.3 is 6.09 Å². The van der Waals surface area contributed by atoms with E-state index < -0.39 is 24.0 Å². The molecular weight excluding hydrogens is 570 g/mol. The predicted octanol–water partition coefficient (Wildman–Crippen LogP) is 7.83. The van der Waals surface area contributed by atoms with Gasteiger partial charge in [-0.1, -0.05) is 133 Å². The van der Waals surface area contributed by atoms with Crippen molar-refractivity contribution in [2.75, 3.05) is 6.61 Å². The Balaban J connectivity index is 1.19. The van der Waals surface area contributed by atoms with Gasteiger partial charge in [-0.25, -0.2) is 4.79 Å². The molecule has 44 heavy (non-hydrogen) atoms. The number of halogens is 1. The summed E-state index contributed by atoms with van der Waals surface area (Å²) in [5.74, 6) is 0.335. The number of Topliss-reactive ketones (excluding diaryl/α,β-unsaturated/α-hetero) is 1. The zero-order chi connectivity index (χ0) is 30.6. The quantitative estimate of drug-likeness (QED) is 0.134. The molecule has 0 unspecified atom stereocenters. The van der Waals surface area contributed by atoms with Crippen molar-refractivity contribution in [1.29, 1.82) is 0 Å². The summed E-state index contributed by atoms with van der Waals surface area (Å²) < 4.78 is 5.64. The van der Waals surface area contributed by atoms with Gasteiger partial charge in [0.1, 0.15) is 12.6 Å². The molecule has 6 heteroatoms. The van der Waals surface area contributed by atoms with Gasteiger partial charge in [-0.15, -0.1) is 0 Å². The maximum absolute atomic E-state index is 13.6. The van der Waals surface area contributed by atoms with Gasteiger partial charge in [-0.3, -0.25) is 4.79 Å². The van der Waals surface area contributed by atoms with Crippen LogP contribution in [0.15, 0.2) is 127 Å². The highest BCUT2D eigenvalue weighted by molar-refractivity contribution is 6.32. The van der Waals surface area contributed by atoms with E-state index in [2.05, 4.69) is 17.4 Å². The molecule has 0 aliphatic heterocycles. The molecule has 0 fully saturated rings. The van der Waals surface area contributed by atoms with E-state index in [0.29, 0.717) is 5.02 Å². The lowest BCUT2D eigenvalue weighted by Crippen LogP contribution is -2.48. The molecule has 0 saturated carbocycles. The van der Waals surface area contributed by atoms with Gasteiger partial charge in [-0.05, 0) is 51.9 Å². The number of hydrogen-bond donors (Lipinski definition) is 2. The fraction of sp³-hybridized carbons (Fsp3) is 0.132. The van der Waals surface area contributed by atoms with Crippen LogP contribution in [0.2, 0.25) is 5.02 Å². The largest absolute Gasteiger partial charge is 0.449 e. The van der Waals surface area contributed by atoms with Crippen LogP contribution >= 0.6 is 11.6 Å². The number of benzene rings is 5. The smallest absolute Gasteiger partial charge is 0.407 e. The van der Waals surface area contributed by atoms with Crippen molar-refractivity contribution >= 4 is 23.5 Å². The molecule has 0 bridgehead atoms. The number of alkyl carbamates (subject to hydrolysis) is 1. The van der Waals surface area contributed by atoms with Crippen molar-refractivity contribution in [2.24, 2.45) is 0 Å². The Morgan fingerprint density at radius 2 is 1.27 bits per heavy atom. The van der Waals surface area contributed by atoms with Crippen molar-refractivity contribution < 1.29 is 19.4 Å². The van der Waals surface area contributed by atoms with Crippen LogP contribution in [0, 0.1) is 5.92 Å². The lowest BCUT2D eigenvalue weighted by atomic mass is 9.84. The first-order chi connectivity index (χ1) is 21.4. The molecule has 0 saturated heterocycles. The summed E-state index contributed by atoms with van der Waals surface area (Å²) in [7, 11) is 0. The van der Waals surface area contributed by atoms with Gasteiger partial charge in [0.15, 0.2) is 5.78 Å². The zero-order valence-corrected chi connectivity index (χ0v) is 24.9. The SMILES string of the molecule is C[C@@H](O)[C@H](NC(=O)OCC1c2ccccc2-c2ccccc21)C(=O)c1ccc([C](c2ccccc2)c2ccccc2)c(Cl)c1. The minimum atomic E-state index is -1.22. The highest BCUT2D eigenvalue weighted by Crippen LogP contribution is 2.44. The third kappa shape index (κ3) is 5.89. The first-order valence-electron chi connectivity index (χ1n) is 14.5.